The third kappa shape index (κ3) is 3.72. The van der Waals surface area contributed by atoms with Gasteiger partial charge in [-0.05, 0) is 29.8 Å². The normalized spacial score (nSPS) is 17.1. The highest BCUT2D eigenvalue weighted by Gasteiger charge is 2.19. The van der Waals surface area contributed by atoms with Crippen LogP contribution in [0.2, 0.25) is 0 Å². The van der Waals surface area contributed by atoms with Crippen LogP contribution in [0.3, 0.4) is 0 Å². The van der Waals surface area contributed by atoms with E-state index in [0.717, 1.165) is 24.5 Å². The summed E-state index contributed by atoms with van der Waals surface area (Å²) in [4.78, 5) is 0. The molecular weight excluding hydrogens is 264 g/mol. The highest BCUT2D eigenvalue weighted by molar-refractivity contribution is 5.41. The van der Waals surface area contributed by atoms with Gasteiger partial charge in [0.1, 0.15) is 18.4 Å². The minimum absolute atomic E-state index is 0.0752. The van der Waals surface area contributed by atoms with Crippen LogP contribution in [0.15, 0.2) is 64.9 Å². The Morgan fingerprint density at radius 2 is 1.86 bits per heavy atom. The Morgan fingerprint density at radius 3 is 2.62 bits per heavy atom. The number of hydrogen-bond acceptors (Lipinski definition) is 5. The number of nitrogens with zero attached hydrogens (tertiary/aromatic N) is 3. The number of hydrogen-bond donors (Lipinski definition) is 1. The van der Waals surface area contributed by atoms with Crippen molar-refractivity contribution in [2.24, 2.45) is 10.3 Å². The number of anilines is 1. The van der Waals surface area contributed by atoms with Gasteiger partial charge in [-0.1, -0.05) is 35.6 Å². The van der Waals surface area contributed by atoms with Crippen molar-refractivity contribution in [3.05, 3.63) is 60.2 Å². The van der Waals surface area contributed by atoms with E-state index in [-0.39, 0.29) is 6.04 Å². The molecule has 108 valence electrons. The molecule has 2 aromatic rings. The SMILES string of the molecule is Nc1ccc(OCC2CN(Cc3ccccc3)N=N2)cc1. The lowest BCUT2D eigenvalue weighted by Crippen LogP contribution is -2.25. The summed E-state index contributed by atoms with van der Waals surface area (Å²) in [7, 11) is 0. The Morgan fingerprint density at radius 1 is 1.10 bits per heavy atom. The molecule has 1 atom stereocenters. The summed E-state index contributed by atoms with van der Waals surface area (Å²) >= 11 is 0. The summed E-state index contributed by atoms with van der Waals surface area (Å²) in [6.07, 6.45) is 0. The maximum Gasteiger partial charge on any atom is 0.126 e. The second kappa shape index (κ2) is 6.26. The van der Waals surface area contributed by atoms with Crippen molar-refractivity contribution in [2.45, 2.75) is 12.6 Å². The first-order valence-corrected chi connectivity index (χ1v) is 6.97. The fraction of sp³-hybridized carbons (Fsp3) is 0.250. The van der Waals surface area contributed by atoms with Crippen molar-refractivity contribution in [3.8, 4) is 5.75 Å². The van der Waals surface area contributed by atoms with E-state index in [1.165, 1.54) is 5.56 Å². The predicted octanol–water partition coefficient (Wildman–Crippen LogP) is 2.90. The zero-order valence-corrected chi connectivity index (χ0v) is 11.7. The zero-order valence-electron chi connectivity index (χ0n) is 11.7. The Kier molecular flexibility index (Phi) is 4.00. The lowest BCUT2D eigenvalue weighted by Gasteiger charge is -2.14. The molecule has 0 fully saturated rings. The van der Waals surface area contributed by atoms with E-state index in [9.17, 15) is 0 Å². The number of rotatable bonds is 5. The van der Waals surface area contributed by atoms with Crippen LogP contribution in [0.25, 0.3) is 0 Å². The molecule has 1 unspecified atom stereocenters. The van der Waals surface area contributed by atoms with Gasteiger partial charge >= 0.3 is 0 Å². The number of nitrogen functional groups attached to an aromatic ring is 1. The molecule has 0 saturated carbocycles. The van der Waals surface area contributed by atoms with E-state index in [0.29, 0.717) is 6.61 Å². The van der Waals surface area contributed by atoms with E-state index >= 15 is 0 Å². The second-order valence-electron chi connectivity index (χ2n) is 5.07. The minimum Gasteiger partial charge on any atom is -0.491 e. The molecule has 0 radical (unpaired) electrons. The molecule has 5 nitrogen and oxygen atoms in total. The van der Waals surface area contributed by atoms with Gasteiger partial charge in [0.25, 0.3) is 0 Å². The van der Waals surface area contributed by atoms with Crippen LogP contribution in [-0.4, -0.2) is 24.2 Å². The van der Waals surface area contributed by atoms with E-state index in [4.69, 9.17) is 10.5 Å². The molecule has 5 heteroatoms. The molecule has 1 aliphatic rings. The Hall–Kier alpha value is -2.56. The first-order valence-electron chi connectivity index (χ1n) is 6.97. The van der Waals surface area contributed by atoms with Crippen molar-refractivity contribution in [1.29, 1.82) is 0 Å². The lowest BCUT2D eigenvalue weighted by atomic mass is 10.2. The monoisotopic (exact) mass is 282 g/mol. The molecule has 1 heterocycles. The molecule has 0 spiro atoms. The van der Waals surface area contributed by atoms with Gasteiger partial charge in [0, 0.05) is 5.69 Å². The van der Waals surface area contributed by atoms with Gasteiger partial charge in [-0.2, -0.15) is 5.11 Å². The molecular formula is C16H18N4O. The average molecular weight is 282 g/mol. The molecule has 2 aromatic carbocycles. The first-order chi connectivity index (χ1) is 10.3. The van der Waals surface area contributed by atoms with Crippen molar-refractivity contribution >= 4 is 5.69 Å². The van der Waals surface area contributed by atoms with E-state index in [1.807, 2.05) is 47.5 Å². The van der Waals surface area contributed by atoms with Crippen LogP contribution >= 0.6 is 0 Å². The topological polar surface area (TPSA) is 63.2 Å². The van der Waals surface area contributed by atoms with Crippen molar-refractivity contribution < 1.29 is 4.74 Å². The van der Waals surface area contributed by atoms with Crippen molar-refractivity contribution in [2.75, 3.05) is 18.9 Å². The third-order valence-corrected chi connectivity index (χ3v) is 3.29. The van der Waals surface area contributed by atoms with Gasteiger partial charge in [-0.25, -0.2) is 0 Å². The summed E-state index contributed by atoms with van der Waals surface area (Å²) in [5.41, 5.74) is 7.61. The van der Waals surface area contributed by atoms with Crippen LogP contribution < -0.4 is 10.5 Å². The Balaban J connectivity index is 1.47. The third-order valence-electron chi connectivity index (χ3n) is 3.29. The van der Waals surface area contributed by atoms with E-state index in [1.54, 1.807) is 0 Å². The summed E-state index contributed by atoms with van der Waals surface area (Å²) in [5, 5.41) is 10.4. The maximum atomic E-state index is 5.71. The number of nitrogens with two attached hydrogens (primary N) is 1. The summed E-state index contributed by atoms with van der Waals surface area (Å²) in [5.74, 6) is 0.806. The van der Waals surface area contributed by atoms with Gasteiger partial charge in [0.05, 0.1) is 13.1 Å². The first kappa shape index (κ1) is 13.4. The van der Waals surface area contributed by atoms with Gasteiger partial charge < -0.3 is 10.5 Å². The van der Waals surface area contributed by atoms with Crippen LogP contribution in [0.1, 0.15) is 5.56 Å². The fourth-order valence-electron chi connectivity index (χ4n) is 2.20. The maximum absolute atomic E-state index is 5.71. The van der Waals surface area contributed by atoms with E-state index < -0.39 is 0 Å². The summed E-state index contributed by atoms with van der Waals surface area (Å²) in [6, 6.07) is 17.7. The average Bonchev–Trinajstić information content (AvgIpc) is 2.95. The largest absolute Gasteiger partial charge is 0.491 e. The van der Waals surface area contributed by atoms with Gasteiger partial charge in [-0.3, -0.25) is 5.01 Å². The van der Waals surface area contributed by atoms with Crippen LogP contribution in [0, 0.1) is 0 Å². The second-order valence-corrected chi connectivity index (χ2v) is 5.07. The molecule has 2 N–H and O–H groups in total. The van der Waals surface area contributed by atoms with Crippen molar-refractivity contribution in [3.63, 3.8) is 0 Å². The van der Waals surface area contributed by atoms with Gasteiger partial charge in [0.15, 0.2) is 0 Å². The van der Waals surface area contributed by atoms with Crippen molar-refractivity contribution in [1.82, 2.24) is 5.01 Å². The molecule has 0 saturated heterocycles. The standard InChI is InChI=1S/C16H18N4O/c17-14-6-8-16(9-7-14)21-12-15-11-20(19-18-15)10-13-4-2-1-3-5-13/h1-9,15H,10-12,17H2. The Bertz CT molecular complexity index is 597. The lowest BCUT2D eigenvalue weighted by molar-refractivity contribution is 0.255. The quantitative estimate of drug-likeness (QED) is 0.858. The van der Waals surface area contributed by atoms with Gasteiger partial charge in [-0.15, -0.1) is 0 Å². The van der Waals surface area contributed by atoms with Crippen LogP contribution in [-0.2, 0) is 6.54 Å². The van der Waals surface area contributed by atoms with Gasteiger partial charge in [0.2, 0.25) is 0 Å². The molecule has 21 heavy (non-hydrogen) atoms. The predicted molar refractivity (Wildman–Crippen MR) is 81.8 cm³/mol. The molecule has 1 aliphatic heterocycles. The molecule has 0 amide bonds. The van der Waals surface area contributed by atoms with E-state index in [2.05, 4.69) is 22.5 Å². The fourth-order valence-corrected chi connectivity index (χ4v) is 2.20. The summed E-state index contributed by atoms with van der Waals surface area (Å²) < 4.78 is 5.71. The van der Waals surface area contributed by atoms with Crippen LogP contribution in [0.5, 0.6) is 5.75 Å². The molecule has 0 aliphatic carbocycles. The highest BCUT2D eigenvalue weighted by atomic mass is 16.5. The Labute approximate surface area is 124 Å². The molecule has 0 aromatic heterocycles. The molecule has 0 bridgehead atoms. The smallest absolute Gasteiger partial charge is 0.126 e. The number of benzene rings is 2. The number of ether oxygens (including phenoxy) is 1. The molecule has 3 rings (SSSR count). The summed E-state index contributed by atoms with van der Waals surface area (Å²) in [6.45, 7) is 2.09. The van der Waals surface area contributed by atoms with Crippen LogP contribution in [0.4, 0.5) is 5.69 Å². The minimum atomic E-state index is 0.0752. The zero-order chi connectivity index (χ0) is 14.5. The highest BCUT2D eigenvalue weighted by Crippen LogP contribution is 2.17.